The van der Waals surface area contributed by atoms with Crippen LogP contribution in [-0.4, -0.2) is 49.9 Å². The highest BCUT2D eigenvalue weighted by atomic mass is 79.9. The Morgan fingerprint density at radius 3 is 2.52 bits per heavy atom. The molecule has 1 aliphatic rings. The number of methoxy groups -OCH3 is 1. The number of nitrogens with zero attached hydrogens (tertiary/aromatic N) is 1. The summed E-state index contributed by atoms with van der Waals surface area (Å²) in [6.07, 6.45) is 0.417. The number of fused-ring (bicyclic) bond motifs is 1. The normalized spacial score (nSPS) is 15.1. The number of hydrazone groups is 1. The van der Waals surface area contributed by atoms with E-state index in [2.05, 4.69) is 77.3 Å². The molecular formula is C35H34Br2N4O7. The van der Waals surface area contributed by atoms with Gasteiger partial charge in [-0.05, 0) is 97.4 Å². The second-order valence-electron chi connectivity index (χ2n) is 10.7. The molecule has 4 N–H and O–H groups in total. The fourth-order valence-electron chi connectivity index (χ4n) is 5.18. The molecule has 0 radical (unpaired) electrons. The van der Waals surface area contributed by atoms with Gasteiger partial charge in [0, 0.05) is 5.70 Å². The van der Waals surface area contributed by atoms with Gasteiger partial charge >= 0.3 is 12.0 Å². The minimum absolute atomic E-state index is 0.151. The molecule has 4 aromatic rings. The fourth-order valence-corrected chi connectivity index (χ4v) is 6.63. The number of benzene rings is 4. The van der Waals surface area contributed by atoms with Crippen LogP contribution in [0.5, 0.6) is 17.2 Å². The third-order valence-electron chi connectivity index (χ3n) is 7.38. The smallest absolute Gasteiger partial charge is 0.337 e. The van der Waals surface area contributed by atoms with Crippen molar-refractivity contribution in [1.29, 1.82) is 0 Å². The van der Waals surface area contributed by atoms with Crippen LogP contribution in [-0.2, 0) is 16.1 Å². The van der Waals surface area contributed by atoms with Crippen molar-refractivity contribution in [3.63, 3.8) is 0 Å². The lowest BCUT2D eigenvalue weighted by Crippen LogP contribution is -2.45. The van der Waals surface area contributed by atoms with Crippen LogP contribution < -0.4 is 30.3 Å². The van der Waals surface area contributed by atoms with E-state index in [0.29, 0.717) is 41.7 Å². The summed E-state index contributed by atoms with van der Waals surface area (Å²) in [4.78, 5) is 24.7. The van der Waals surface area contributed by atoms with E-state index in [1.165, 1.54) is 7.11 Å². The molecule has 0 aromatic heterocycles. The number of aliphatic hydroxyl groups excluding tert-OH is 1. The van der Waals surface area contributed by atoms with Crippen LogP contribution in [0.2, 0.25) is 0 Å². The molecule has 0 aliphatic carbocycles. The molecule has 0 bridgehead atoms. The molecule has 0 saturated carbocycles. The number of carbonyl (C=O) groups is 2. The molecule has 0 spiro atoms. The van der Waals surface area contributed by atoms with Crippen LogP contribution >= 0.6 is 31.9 Å². The van der Waals surface area contributed by atoms with Crippen molar-refractivity contribution in [2.45, 2.75) is 32.7 Å². The molecule has 13 heteroatoms. The number of halogens is 2. The SMILES string of the molecule is CCOc1cc([C@@H]2NC(=O)NC(C)=C2C(=O)OC)ccc1OC[C@H](O)N/N=C\c1cc(Br)c(OCc2cccc3ccccc23)c(Br)c1. The van der Waals surface area contributed by atoms with Crippen molar-refractivity contribution in [2.75, 3.05) is 20.3 Å². The summed E-state index contributed by atoms with van der Waals surface area (Å²) >= 11 is 7.19. The second-order valence-corrected chi connectivity index (χ2v) is 12.4. The highest BCUT2D eigenvalue weighted by Gasteiger charge is 2.32. The van der Waals surface area contributed by atoms with Gasteiger partial charge in [0.15, 0.2) is 17.7 Å². The van der Waals surface area contributed by atoms with Crippen LogP contribution in [0.15, 0.2) is 98.1 Å². The van der Waals surface area contributed by atoms with Gasteiger partial charge in [-0.15, -0.1) is 0 Å². The summed E-state index contributed by atoms with van der Waals surface area (Å²) in [6.45, 7) is 4.03. The molecular weight excluding hydrogens is 748 g/mol. The first-order valence-corrected chi connectivity index (χ1v) is 16.6. The number of allylic oxidation sites excluding steroid dienone is 1. The van der Waals surface area contributed by atoms with E-state index in [0.717, 1.165) is 30.8 Å². The van der Waals surface area contributed by atoms with Crippen molar-refractivity contribution in [3.8, 4) is 17.2 Å². The van der Waals surface area contributed by atoms with Gasteiger partial charge in [-0.25, -0.2) is 9.59 Å². The van der Waals surface area contributed by atoms with Crippen molar-refractivity contribution in [2.24, 2.45) is 5.10 Å². The first kappa shape index (κ1) is 34.7. The zero-order valence-corrected chi connectivity index (χ0v) is 29.6. The quantitative estimate of drug-likeness (QED) is 0.0525. The Bertz CT molecular complexity index is 1850. The molecule has 11 nitrogen and oxygen atoms in total. The topological polar surface area (TPSA) is 140 Å². The third-order valence-corrected chi connectivity index (χ3v) is 8.56. The Labute approximate surface area is 294 Å². The predicted octanol–water partition coefficient (Wildman–Crippen LogP) is 6.46. The minimum atomic E-state index is -1.15. The molecule has 0 unspecified atom stereocenters. The van der Waals surface area contributed by atoms with Crippen molar-refractivity contribution >= 4 is 60.8 Å². The number of nitrogens with one attached hydrogen (secondary N) is 3. The van der Waals surface area contributed by atoms with E-state index in [1.54, 1.807) is 31.3 Å². The van der Waals surface area contributed by atoms with Gasteiger partial charge in [0.05, 0.1) is 40.5 Å². The minimum Gasteiger partial charge on any atom is -0.490 e. The Balaban J connectivity index is 1.19. The molecule has 48 heavy (non-hydrogen) atoms. The number of aliphatic hydroxyl groups is 1. The maximum Gasteiger partial charge on any atom is 0.337 e. The Morgan fingerprint density at radius 2 is 1.77 bits per heavy atom. The molecule has 1 heterocycles. The molecule has 0 saturated heterocycles. The number of amides is 2. The summed E-state index contributed by atoms with van der Waals surface area (Å²) in [5.74, 6) is 0.822. The van der Waals surface area contributed by atoms with Crippen molar-refractivity contribution in [1.82, 2.24) is 16.1 Å². The first-order chi connectivity index (χ1) is 23.2. The van der Waals surface area contributed by atoms with Crippen LogP contribution in [0.3, 0.4) is 0 Å². The van der Waals surface area contributed by atoms with E-state index in [9.17, 15) is 14.7 Å². The number of hydrogen-bond donors (Lipinski definition) is 4. The van der Waals surface area contributed by atoms with Crippen molar-refractivity contribution < 1.29 is 33.6 Å². The lowest BCUT2D eigenvalue weighted by atomic mass is 9.95. The summed E-state index contributed by atoms with van der Waals surface area (Å²) in [6, 6.07) is 21.9. The molecule has 2 amide bonds. The summed E-state index contributed by atoms with van der Waals surface area (Å²) in [5, 5.41) is 22.3. The number of hydrogen-bond acceptors (Lipinski definition) is 9. The monoisotopic (exact) mass is 780 g/mol. The van der Waals surface area contributed by atoms with Gasteiger partial charge in [-0.3, -0.25) is 5.43 Å². The predicted molar refractivity (Wildman–Crippen MR) is 189 cm³/mol. The highest BCUT2D eigenvalue weighted by Crippen LogP contribution is 2.36. The average molecular weight is 782 g/mol. The third kappa shape index (κ3) is 8.27. The summed E-state index contributed by atoms with van der Waals surface area (Å²) in [7, 11) is 1.28. The van der Waals surface area contributed by atoms with E-state index >= 15 is 0 Å². The Hall–Kier alpha value is -4.59. The van der Waals surface area contributed by atoms with Crippen molar-refractivity contribution in [3.05, 3.63) is 110 Å². The largest absolute Gasteiger partial charge is 0.490 e. The van der Waals surface area contributed by atoms with E-state index in [-0.39, 0.29) is 12.2 Å². The second kappa shape index (κ2) is 16.0. The standard InChI is InChI=1S/C35H34Br2N4O7/c1-4-46-29-16-23(32-31(34(43)45-3)20(2)39-35(44)40-32)12-13-28(29)47-19-30(42)41-38-17-21-14-26(36)33(27(37)15-21)48-18-24-10-7-9-22-8-5-6-11-25(22)24/h5-17,30,32,41-42H,4,18-19H2,1-3H3,(H2,39,40,44)/b38-17-/t30-,32-/m0/s1. The Kier molecular flexibility index (Phi) is 11.6. The van der Waals surface area contributed by atoms with Gasteiger partial charge in [0.2, 0.25) is 0 Å². The Morgan fingerprint density at radius 1 is 1.02 bits per heavy atom. The van der Waals surface area contributed by atoms with Crippen LogP contribution in [0.25, 0.3) is 10.8 Å². The fraction of sp³-hybridized carbons (Fsp3) is 0.229. The maximum atomic E-state index is 12.5. The van der Waals surface area contributed by atoms with Gasteiger partial charge in [0.1, 0.15) is 19.0 Å². The maximum absolute atomic E-state index is 12.5. The zero-order valence-electron chi connectivity index (χ0n) is 26.4. The van der Waals surface area contributed by atoms with E-state index < -0.39 is 24.3 Å². The number of rotatable bonds is 13. The van der Waals surface area contributed by atoms with Gasteiger partial charge in [-0.1, -0.05) is 48.5 Å². The number of ether oxygens (including phenoxy) is 4. The van der Waals surface area contributed by atoms with Crippen LogP contribution in [0.1, 0.15) is 36.6 Å². The van der Waals surface area contributed by atoms with Crippen LogP contribution in [0, 0.1) is 0 Å². The summed E-state index contributed by atoms with van der Waals surface area (Å²) in [5.41, 5.74) is 5.74. The summed E-state index contributed by atoms with van der Waals surface area (Å²) < 4.78 is 24.2. The number of carbonyl (C=O) groups excluding carboxylic acids is 2. The lowest BCUT2D eigenvalue weighted by molar-refractivity contribution is -0.136. The molecule has 5 rings (SSSR count). The molecule has 4 aromatic carbocycles. The highest BCUT2D eigenvalue weighted by molar-refractivity contribution is 9.11. The molecule has 0 fully saturated rings. The van der Waals surface area contributed by atoms with Gasteiger partial charge < -0.3 is 34.7 Å². The number of esters is 1. The van der Waals surface area contributed by atoms with Gasteiger partial charge in [0.25, 0.3) is 0 Å². The molecule has 1 aliphatic heterocycles. The van der Waals surface area contributed by atoms with E-state index in [4.69, 9.17) is 18.9 Å². The lowest BCUT2D eigenvalue weighted by Gasteiger charge is -2.28. The van der Waals surface area contributed by atoms with E-state index in [1.807, 2.05) is 37.3 Å². The number of urea groups is 1. The van der Waals surface area contributed by atoms with Gasteiger partial charge in [-0.2, -0.15) is 5.10 Å². The first-order valence-electron chi connectivity index (χ1n) is 15.0. The van der Waals surface area contributed by atoms with Crippen LogP contribution in [0.4, 0.5) is 4.79 Å². The molecule has 2 atom stereocenters. The molecule has 250 valence electrons. The average Bonchev–Trinajstić information content (AvgIpc) is 3.07. The zero-order chi connectivity index (χ0) is 34.2.